The monoisotopic (exact) mass is 220 g/mol. The standard InChI is InChI=1S/C11H12N2OS/c1-2-10-7-11(9-3-6-15-8-9)12-13(10)4-5-14/h3,5-8H,2,4H2,1H3. The van der Waals surface area contributed by atoms with Gasteiger partial charge in [-0.15, -0.1) is 0 Å². The van der Waals surface area contributed by atoms with Gasteiger partial charge in [-0.25, -0.2) is 0 Å². The van der Waals surface area contributed by atoms with Gasteiger partial charge in [-0.2, -0.15) is 16.4 Å². The summed E-state index contributed by atoms with van der Waals surface area (Å²) in [5, 5.41) is 8.50. The molecule has 0 bridgehead atoms. The molecule has 0 aliphatic heterocycles. The van der Waals surface area contributed by atoms with E-state index in [-0.39, 0.29) is 0 Å². The van der Waals surface area contributed by atoms with E-state index in [0.29, 0.717) is 6.54 Å². The van der Waals surface area contributed by atoms with E-state index in [4.69, 9.17) is 0 Å². The number of aldehydes is 1. The second-order valence-corrected chi connectivity index (χ2v) is 4.02. The lowest BCUT2D eigenvalue weighted by Crippen LogP contribution is -2.04. The molecule has 0 aromatic carbocycles. The number of hydrogen-bond acceptors (Lipinski definition) is 3. The molecule has 2 heterocycles. The van der Waals surface area contributed by atoms with E-state index in [1.165, 1.54) is 0 Å². The zero-order chi connectivity index (χ0) is 10.7. The highest BCUT2D eigenvalue weighted by atomic mass is 32.1. The summed E-state index contributed by atoms with van der Waals surface area (Å²) >= 11 is 1.65. The molecule has 78 valence electrons. The van der Waals surface area contributed by atoms with Crippen molar-refractivity contribution in [1.29, 1.82) is 0 Å². The third-order valence-corrected chi connectivity index (χ3v) is 2.97. The van der Waals surface area contributed by atoms with E-state index < -0.39 is 0 Å². The third kappa shape index (κ3) is 1.99. The fourth-order valence-electron chi connectivity index (χ4n) is 1.52. The first-order valence-electron chi connectivity index (χ1n) is 4.88. The van der Waals surface area contributed by atoms with Gasteiger partial charge in [-0.1, -0.05) is 6.92 Å². The summed E-state index contributed by atoms with van der Waals surface area (Å²) in [6.07, 6.45) is 1.77. The van der Waals surface area contributed by atoms with Gasteiger partial charge in [-0.05, 0) is 23.9 Å². The van der Waals surface area contributed by atoms with Crippen LogP contribution in [0.3, 0.4) is 0 Å². The number of aryl methyl sites for hydroxylation is 1. The molecule has 2 rings (SSSR count). The number of rotatable bonds is 4. The van der Waals surface area contributed by atoms with E-state index in [1.807, 2.05) is 17.5 Å². The Hall–Kier alpha value is -1.42. The van der Waals surface area contributed by atoms with Crippen LogP contribution in [0.2, 0.25) is 0 Å². The summed E-state index contributed by atoms with van der Waals surface area (Å²) in [6, 6.07) is 4.09. The van der Waals surface area contributed by atoms with Crippen molar-refractivity contribution >= 4 is 17.6 Å². The molecule has 3 nitrogen and oxygen atoms in total. The molecule has 0 saturated heterocycles. The zero-order valence-corrected chi connectivity index (χ0v) is 9.33. The lowest BCUT2D eigenvalue weighted by atomic mass is 10.2. The molecule has 0 aliphatic rings. The Bertz CT molecular complexity index is 445. The molecule has 0 spiro atoms. The second-order valence-electron chi connectivity index (χ2n) is 3.24. The van der Waals surface area contributed by atoms with Crippen LogP contribution in [0.25, 0.3) is 11.3 Å². The number of carbonyl (C=O) groups is 1. The van der Waals surface area contributed by atoms with E-state index >= 15 is 0 Å². The van der Waals surface area contributed by atoms with Gasteiger partial charge < -0.3 is 4.79 Å². The third-order valence-electron chi connectivity index (χ3n) is 2.29. The summed E-state index contributed by atoms with van der Waals surface area (Å²) in [7, 11) is 0. The van der Waals surface area contributed by atoms with Gasteiger partial charge in [0.25, 0.3) is 0 Å². The fourth-order valence-corrected chi connectivity index (χ4v) is 2.17. The first-order chi connectivity index (χ1) is 7.35. The van der Waals surface area contributed by atoms with Crippen LogP contribution in [0.5, 0.6) is 0 Å². The minimum atomic E-state index is 0.341. The van der Waals surface area contributed by atoms with E-state index in [9.17, 15) is 4.79 Å². The second kappa shape index (κ2) is 4.40. The Morgan fingerprint density at radius 2 is 2.47 bits per heavy atom. The van der Waals surface area contributed by atoms with Crippen molar-refractivity contribution in [3.05, 3.63) is 28.6 Å². The predicted molar refractivity (Wildman–Crippen MR) is 61.0 cm³/mol. The average molecular weight is 220 g/mol. The number of thiophene rings is 1. The molecule has 0 N–H and O–H groups in total. The van der Waals surface area contributed by atoms with Crippen molar-refractivity contribution in [3.8, 4) is 11.3 Å². The van der Waals surface area contributed by atoms with Crippen LogP contribution in [0.15, 0.2) is 22.9 Å². The van der Waals surface area contributed by atoms with E-state index in [2.05, 4.69) is 17.4 Å². The zero-order valence-electron chi connectivity index (χ0n) is 8.51. The van der Waals surface area contributed by atoms with Crippen LogP contribution in [0.4, 0.5) is 0 Å². The quantitative estimate of drug-likeness (QED) is 0.741. The van der Waals surface area contributed by atoms with Crippen LogP contribution in [-0.4, -0.2) is 16.1 Å². The molecule has 2 aromatic heterocycles. The highest BCUT2D eigenvalue weighted by Crippen LogP contribution is 2.21. The summed E-state index contributed by atoms with van der Waals surface area (Å²) in [4.78, 5) is 10.5. The lowest BCUT2D eigenvalue weighted by Gasteiger charge is -1.98. The molecule has 0 unspecified atom stereocenters. The van der Waals surface area contributed by atoms with Gasteiger partial charge in [0.05, 0.1) is 12.2 Å². The first-order valence-corrected chi connectivity index (χ1v) is 5.82. The fraction of sp³-hybridized carbons (Fsp3) is 0.273. The highest BCUT2D eigenvalue weighted by molar-refractivity contribution is 7.08. The first kappa shape index (κ1) is 10.1. The molecule has 0 atom stereocenters. The number of hydrogen-bond donors (Lipinski definition) is 0. The highest BCUT2D eigenvalue weighted by Gasteiger charge is 2.07. The molecule has 2 aromatic rings. The van der Waals surface area contributed by atoms with Gasteiger partial charge in [0.15, 0.2) is 0 Å². The van der Waals surface area contributed by atoms with Crippen molar-refractivity contribution in [3.63, 3.8) is 0 Å². The molecule has 15 heavy (non-hydrogen) atoms. The average Bonchev–Trinajstić information content (AvgIpc) is 2.84. The molecule has 0 aliphatic carbocycles. The summed E-state index contributed by atoms with van der Waals surface area (Å²) in [5.41, 5.74) is 3.18. The topological polar surface area (TPSA) is 34.9 Å². The summed E-state index contributed by atoms with van der Waals surface area (Å²) in [5.74, 6) is 0. The van der Waals surface area contributed by atoms with Crippen LogP contribution in [-0.2, 0) is 17.8 Å². The predicted octanol–water partition coefficient (Wildman–Crippen LogP) is 2.37. The minimum absolute atomic E-state index is 0.341. The van der Waals surface area contributed by atoms with Crippen molar-refractivity contribution < 1.29 is 4.79 Å². The van der Waals surface area contributed by atoms with Gasteiger partial charge in [-0.3, -0.25) is 4.68 Å². The SMILES string of the molecule is CCc1cc(-c2ccsc2)nn1CC=O. The number of carbonyl (C=O) groups excluding carboxylic acids is 1. The van der Waals surface area contributed by atoms with E-state index in [1.54, 1.807) is 16.0 Å². The normalized spacial score (nSPS) is 10.5. The summed E-state index contributed by atoms with van der Waals surface area (Å²) in [6.45, 7) is 2.41. The Morgan fingerprint density at radius 1 is 1.60 bits per heavy atom. The lowest BCUT2D eigenvalue weighted by molar-refractivity contribution is -0.108. The maximum Gasteiger partial charge on any atom is 0.141 e. The number of nitrogens with zero attached hydrogens (tertiary/aromatic N) is 2. The van der Waals surface area contributed by atoms with Crippen LogP contribution in [0, 0.1) is 0 Å². The number of aromatic nitrogens is 2. The largest absolute Gasteiger partial charge is 0.301 e. The van der Waals surface area contributed by atoms with Gasteiger partial charge in [0.2, 0.25) is 0 Å². The van der Waals surface area contributed by atoms with Crippen LogP contribution < -0.4 is 0 Å². The molecule has 0 amide bonds. The Labute approximate surface area is 92.4 Å². The molecular weight excluding hydrogens is 208 g/mol. The maximum absolute atomic E-state index is 10.5. The van der Waals surface area contributed by atoms with Crippen molar-refractivity contribution in [2.45, 2.75) is 19.9 Å². The molecular formula is C11H12N2OS. The Balaban J connectivity index is 2.38. The molecule has 4 heteroatoms. The van der Waals surface area contributed by atoms with E-state index in [0.717, 1.165) is 29.7 Å². The van der Waals surface area contributed by atoms with Crippen molar-refractivity contribution in [1.82, 2.24) is 9.78 Å². The summed E-state index contributed by atoms with van der Waals surface area (Å²) < 4.78 is 1.76. The molecule has 0 saturated carbocycles. The smallest absolute Gasteiger partial charge is 0.141 e. The maximum atomic E-state index is 10.5. The molecule has 0 radical (unpaired) electrons. The van der Waals surface area contributed by atoms with Crippen molar-refractivity contribution in [2.24, 2.45) is 0 Å². The van der Waals surface area contributed by atoms with Gasteiger partial charge in [0.1, 0.15) is 6.29 Å². The Kier molecular flexibility index (Phi) is 2.97. The molecule has 0 fully saturated rings. The Morgan fingerprint density at radius 3 is 3.07 bits per heavy atom. The minimum Gasteiger partial charge on any atom is -0.301 e. The van der Waals surface area contributed by atoms with Crippen molar-refractivity contribution in [2.75, 3.05) is 0 Å². The van der Waals surface area contributed by atoms with Gasteiger partial charge in [0, 0.05) is 16.6 Å². The van der Waals surface area contributed by atoms with Crippen LogP contribution >= 0.6 is 11.3 Å². The van der Waals surface area contributed by atoms with Crippen LogP contribution in [0.1, 0.15) is 12.6 Å². The van der Waals surface area contributed by atoms with Gasteiger partial charge >= 0.3 is 0 Å².